The number of hydrogen-bond acceptors (Lipinski definition) is 2. The van der Waals surface area contributed by atoms with Crippen LogP contribution in [0, 0.1) is 11.6 Å². The zero-order chi connectivity index (χ0) is 12.4. The van der Waals surface area contributed by atoms with Crippen molar-refractivity contribution in [1.82, 2.24) is 0 Å². The topological polar surface area (TPSA) is 26.3 Å². The molecule has 1 heterocycles. The third-order valence-corrected chi connectivity index (χ3v) is 3.06. The molecule has 1 fully saturated rings. The van der Waals surface area contributed by atoms with Crippen molar-refractivity contribution in [1.29, 1.82) is 0 Å². The third kappa shape index (κ3) is 2.82. The van der Waals surface area contributed by atoms with Crippen LogP contribution in [0.3, 0.4) is 0 Å². The first-order valence-corrected chi connectivity index (χ1v) is 5.75. The second-order valence-electron chi connectivity index (χ2n) is 4.01. The van der Waals surface area contributed by atoms with Crippen LogP contribution in [-0.4, -0.2) is 18.5 Å². The number of Topliss-reactive ketones (excluding diaryl/α,β-unsaturated/α-hetero) is 1. The summed E-state index contributed by atoms with van der Waals surface area (Å²) in [6.45, 7) is 0.642. The minimum Gasteiger partial charge on any atom is -0.378 e. The molecule has 1 aliphatic rings. The molecule has 0 aromatic heterocycles. The van der Waals surface area contributed by atoms with E-state index >= 15 is 0 Å². The van der Waals surface area contributed by atoms with Crippen molar-refractivity contribution in [2.24, 2.45) is 0 Å². The Bertz CT molecular complexity index is 442. The van der Waals surface area contributed by atoms with Crippen molar-refractivity contribution in [2.75, 3.05) is 6.61 Å². The average molecular weight is 261 g/mol. The molecule has 2 rings (SSSR count). The summed E-state index contributed by atoms with van der Waals surface area (Å²) in [5.41, 5.74) is 0.0149. The molecule has 1 aromatic carbocycles. The smallest absolute Gasteiger partial charge is 0.167 e. The van der Waals surface area contributed by atoms with Crippen LogP contribution in [0.5, 0.6) is 0 Å². The van der Waals surface area contributed by atoms with E-state index in [1.165, 1.54) is 0 Å². The van der Waals surface area contributed by atoms with Gasteiger partial charge >= 0.3 is 0 Å². The lowest BCUT2D eigenvalue weighted by molar-refractivity contribution is 0.0775. The molecular formula is C12H11ClF2O2. The minimum absolute atomic E-state index is 0.0149. The SMILES string of the molecule is O=C(CC1CCCO1)c1cc(F)c(F)cc1Cl. The Hall–Kier alpha value is -1.00. The Balaban J connectivity index is 2.15. The summed E-state index contributed by atoms with van der Waals surface area (Å²) in [5, 5.41) is -0.0631. The highest BCUT2D eigenvalue weighted by Crippen LogP contribution is 2.24. The number of benzene rings is 1. The number of carbonyl (C=O) groups excluding carboxylic acids is 1. The first-order valence-electron chi connectivity index (χ1n) is 5.37. The minimum atomic E-state index is -1.06. The summed E-state index contributed by atoms with van der Waals surface area (Å²) in [4.78, 5) is 11.8. The summed E-state index contributed by atoms with van der Waals surface area (Å²) in [6, 6.07) is 1.66. The van der Waals surface area contributed by atoms with E-state index in [1.54, 1.807) is 0 Å². The van der Waals surface area contributed by atoms with E-state index in [9.17, 15) is 13.6 Å². The molecule has 0 radical (unpaired) electrons. The van der Waals surface area contributed by atoms with Gasteiger partial charge in [-0.2, -0.15) is 0 Å². The first-order chi connectivity index (χ1) is 8.08. The Morgan fingerprint density at radius 1 is 1.41 bits per heavy atom. The van der Waals surface area contributed by atoms with Crippen molar-refractivity contribution < 1.29 is 18.3 Å². The standard InChI is InChI=1S/C12H11ClF2O2/c13-9-6-11(15)10(14)5-8(9)12(16)4-7-2-1-3-17-7/h5-7H,1-4H2. The maximum Gasteiger partial charge on any atom is 0.167 e. The normalized spacial score (nSPS) is 19.6. The number of ketones is 1. The van der Waals surface area contributed by atoms with Crippen molar-refractivity contribution in [3.05, 3.63) is 34.4 Å². The van der Waals surface area contributed by atoms with Crippen molar-refractivity contribution in [3.63, 3.8) is 0 Å². The van der Waals surface area contributed by atoms with Gasteiger partial charge in [-0.25, -0.2) is 8.78 Å². The summed E-state index contributed by atoms with van der Waals surface area (Å²) < 4.78 is 31.2. The van der Waals surface area contributed by atoms with Gasteiger partial charge in [-0.15, -0.1) is 0 Å². The number of hydrogen-bond donors (Lipinski definition) is 0. The van der Waals surface area contributed by atoms with E-state index in [4.69, 9.17) is 16.3 Å². The molecular weight excluding hydrogens is 250 g/mol. The van der Waals surface area contributed by atoms with Crippen LogP contribution in [0.2, 0.25) is 5.02 Å². The molecule has 0 aliphatic carbocycles. The van der Waals surface area contributed by atoms with Crippen LogP contribution in [-0.2, 0) is 4.74 Å². The quantitative estimate of drug-likeness (QED) is 0.615. The zero-order valence-electron chi connectivity index (χ0n) is 9.01. The highest BCUT2D eigenvalue weighted by molar-refractivity contribution is 6.34. The van der Waals surface area contributed by atoms with Crippen LogP contribution < -0.4 is 0 Å². The fourth-order valence-corrected chi connectivity index (χ4v) is 2.11. The lowest BCUT2D eigenvalue weighted by atomic mass is 10.0. The molecule has 0 amide bonds. The van der Waals surface area contributed by atoms with Gasteiger partial charge in [0.15, 0.2) is 17.4 Å². The molecule has 17 heavy (non-hydrogen) atoms. The molecule has 1 aliphatic heterocycles. The average Bonchev–Trinajstić information content (AvgIpc) is 2.76. The maximum absolute atomic E-state index is 13.0. The number of rotatable bonds is 3. The maximum atomic E-state index is 13.0. The fraction of sp³-hybridized carbons (Fsp3) is 0.417. The van der Waals surface area contributed by atoms with Crippen LogP contribution in [0.15, 0.2) is 12.1 Å². The summed E-state index contributed by atoms with van der Waals surface area (Å²) >= 11 is 5.71. The molecule has 0 bridgehead atoms. The van der Waals surface area contributed by atoms with E-state index in [0.717, 1.165) is 25.0 Å². The Kier molecular flexibility index (Phi) is 3.74. The van der Waals surface area contributed by atoms with E-state index in [2.05, 4.69) is 0 Å². The second-order valence-corrected chi connectivity index (χ2v) is 4.42. The lowest BCUT2D eigenvalue weighted by Gasteiger charge is -2.09. The molecule has 1 saturated heterocycles. The van der Waals surface area contributed by atoms with Crippen LogP contribution in [0.25, 0.3) is 0 Å². The first kappa shape index (κ1) is 12.5. The van der Waals surface area contributed by atoms with Gasteiger partial charge in [-0.3, -0.25) is 4.79 Å². The van der Waals surface area contributed by atoms with E-state index in [0.29, 0.717) is 6.61 Å². The largest absolute Gasteiger partial charge is 0.378 e. The number of carbonyl (C=O) groups is 1. The predicted octanol–water partition coefficient (Wildman–Crippen LogP) is 3.37. The fourth-order valence-electron chi connectivity index (χ4n) is 1.86. The lowest BCUT2D eigenvalue weighted by Crippen LogP contribution is -2.13. The van der Waals surface area contributed by atoms with E-state index < -0.39 is 11.6 Å². The van der Waals surface area contributed by atoms with Crippen LogP contribution in [0.4, 0.5) is 8.78 Å². The number of halogens is 3. The Morgan fingerprint density at radius 3 is 2.76 bits per heavy atom. The molecule has 1 aromatic rings. The summed E-state index contributed by atoms with van der Waals surface area (Å²) in [5.74, 6) is -2.44. The second kappa shape index (κ2) is 5.10. The molecule has 0 saturated carbocycles. The zero-order valence-corrected chi connectivity index (χ0v) is 9.77. The highest BCUT2D eigenvalue weighted by Gasteiger charge is 2.22. The molecule has 1 unspecified atom stereocenters. The molecule has 1 atom stereocenters. The van der Waals surface area contributed by atoms with Crippen molar-refractivity contribution in [2.45, 2.75) is 25.4 Å². The Morgan fingerprint density at radius 2 is 2.12 bits per heavy atom. The van der Waals surface area contributed by atoms with Gasteiger partial charge in [0.25, 0.3) is 0 Å². The third-order valence-electron chi connectivity index (χ3n) is 2.75. The van der Waals surface area contributed by atoms with Gasteiger partial charge in [0.1, 0.15) is 0 Å². The van der Waals surface area contributed by atoms with E-state index in [1.807, 2.05) is 0 Å². The molecule has 92 valence electrons. The van der Waals surface area contributed by atoms with Crippen molar-refractivity contribution in [3.8, 4) is 0 Å². The van der Waals surface area contributed by atoms with Crippen LogP contribution >= 0.6 is 11.6 Å². The van der Waals surface area contributed by atoms with Gasteiger partial charge < -0.3 is 4.74 Å². The van der Waals surface area contributed by atoms with E-state index in [-0.39, 0.29) is 28.9 Å². The van der Waals surface area contributed by atoms with Gasteiger partial charge in [0.05, 0.1) is 11.1 Å². The van der Waals surface area contributed by atoms with Gasteiger partial charge in [0.2, 0.25) is 0 Å². The summed E-state index contributed by atoms with van der Waals surface area (Å²) in [7, 11) is 0. The molecule has 0 spiro atoms. The monoisotopic (exact) mass is 260 g/mol. The summed E-state index contributed by atoms with van der Waals surface area (Å²) in [6.07, 6.45) is 1.76. The predicted molar refractivity (Wildman–Crippen MR) is 59.3 cm³/mol. The van der Waals surface area contributed by atoms with Crippen LogP contribution in [0.1, 0.15) is 29.6 Å². The highest BCUT2D eigenvalue weighted by atomic mass is 35.5. The van der Waals surface area contributed by atoms with Gasteiger partial charge in [-0.1, -0.05) is 11.6 Å². The molecule has 0 N–H and O–H groups in total. The number of ether oxygens (including phenoxy) is 1. The van der Waals surface area contributed by atoms with Gasteiger partial charge in [0, 0.05) is 18.6 Å². The Labute approximate surface area is 103 Å². The molecule has 2 nitrogen and oxygen atoms in total. The van der Waals surface area contributed by atoms with Gasteiger partial charge in [-0.05, 0) is 25.0 Å². The van der Waals surface area contributed by atoms with Crippen molar-refractivity contribution >= 4 is 17.4 Å². The molecule has 5 heteroatoms.